The molecular formula is C9H11ClFNO. The van der Waals surface area contributed by atoms with Crippen molar-refractivity contribution in [3.8, 4) is 0 Å². The molecule has 0 radical (unpaired) electrons. The first kappa shape index (κ1) is 10.4. The maximum atomic E-state index is 13.0. The van der Waals surface area contributed by atoms with Crippen LogP contribution in [0.5, 0.6) is 0 Å². The van der Waals surface area contributed by atoms with Crippen molar-refractivity contribution >= 4 is 11.6 Å². The standard InChI is InChI=1S/C9H11ClFNO/c1-6-3-4-8(11)9(10)7(6)5-12-13-2/h3-4,12H,5H2,1-2H3. The minimum Gasteiger partial charge on any atom is -0.305 e. The number of aryl methyl sites for hydroxylation is 1. The zero-order valence-corrected chi connectivity index (χ0v) is 8.28. The molecule has 4 heteroatoms. The van der Waals surface area contributed by atoms with E-state index in [9.17, 15) is 4.39 Å². The maximum absolute atomic E-state index is 13.0. The van der Waals surface area contributed by atoms with Crippen molar-refractivity contribution in [3.05, 3.63) is 34.1 Å². The van der Waals surface area contributed by atoms with Gasteiger partial charge in [0, 0.05) is 6.54 Å². The Labute approximate surface area is 81.6 Å². The Bertz CT molecular complexity index is 304. The van der Waals surface area contributed by atoms with Gasteiger partial charge >= 0.3 is 0 Å². The molecule has 0 unspecified atom stereocenters. The predicted octanol–water partition coefficient (Wildman–Crippen LogP) is 2.44. The van der Waals surface area contributed by atoms with Crippen LogP contribution in [0, 0.1) is 12.7 Å². The lowest BCUT2D eigenvalue weighted by atomic mass is 10.1. The number of rotatable bonds is 3. The number of benzene rings is 1. The maximum Gasteiger partial charge on any atom is 0.142 e. The van der Waals surface area contributed by atoms with Gasteiger partial charge in [-0.25, -0.2) is 4.39 Å². The average Bonchev–Trinajstić information content (AvgIpc) is 2.12. The van der Waals surface area contributed by atoms with Gasteiger partial charge in [0.15, 0.2) is 0 Å². The lowest BCUT2D eigenvalue weighted by Crippen LogP contribution is -2.12. The third-order valence-corrected chi connectivity index (χ3v) is 2.23. The van der Waals surface area contributed by atoms with Crippen LogP contribution >= 0.6 is 11.6 Å². The molecule has 0 aliphatic rings. The van der Waals surface area contributed by atoms with Crippen molar-refractivity contribution < 1.29 is 9.23 Å². The van der Waals surface area contributed by atoms with Crippen molar-refractivity contribution in [2.24, 2.45) is 0 Å². The molecule has 0 aliphatic heterocycles. The largest absolute Gasteiger partial charge is 0.305 e. The molecule has 0 atom stereocenters. The van der Waals surface area contributed by atoms with Crippen molar-refractivity contribution in [3.63, 3.8) is 0 Å². The van der Waals surface area contributed by atoms with Gasteiger partial charge in [0.1, 0.15) is 5.82 Å². The normalized spacial score (nSPS) is 10.5. The minimum atomic E-state index is -0.403. The molecule has 1 aromatic rings. The van der Waals surface area contributed by atoms with Gasteiger partial charge in [0.2, 0.25) is 0 Å². The summed E-state index contributed by atoms with van der Waals surface area (Å²) >= 11 is 5.76. The SMILES string of the molecule is CONCc1c(C)ccc(F)c1Cl. The quantitative estimate of drug-likeness (QED) is 0.762. The smallest absolute Gasteiger partial charge is 0.142 e. The molecule has 0 aromatic heterocycles. The summed E-state index contributed by atoms with van der Waals surface area (Å²) < 4.78 is 13.0. The van der Waals surface area contributed by atoms with Crippen molar-refractivity contribution in [1.82, 2.24) is 5.48 Å². The minimum absolute atomic E-state index is 0.157. The Morgan fingerprint density at radius 2 is 2.23 bits per heavy atom. The Kier molecular flexibility index (Phi) is 3.66. The molecular weight excluding hydrogens is 193 g/mol. The summed E-state index contributed by atoms with van der Waals surface area (Å²) in [7, 11) is 1.50. The van der Waals surface area contributed by atoms with Crippen LogP contribution in [0.25, 0.3) is 0 Å². The summed E-state index contributed by atoms with van der Waals surface area (Å²) in [5.74, 6) is -0.403. The van der Waals surface area contributed by atoms with Gasteiger partial charge in [-0.3, -0.25) is 0 Å². The van der Waals surface area contributed by atoms with Crippen molar-refractivity contribution in [2.75, 3.05) is 7.11 Å². The molecule has 2 nitrogen and oxygen atoms in total. The predicted molar refractivity (Wildman–Crippen MR) is 50.0 cm³/mol. The highest BCUT2D eigenvalue weighted by Crippen LogP contribution is 2.22. The van der Waals surface area contributed by atoms with E-state index in [-0.39, 0.29) is 5.02 Å². The van der Waals surface area contributed by atoms with E-state index >= 15 is 0 Å². The van der Waals surface area contributed by atoms with Gasteiger partial charge < -0.3 is 4.84 Å². The van der Waals surface area contributed by atoms with Gasteiger partial charge in [-0.1, -0.05) is 17.7 Å². The van der Waals surface area contributed by atoms with Crippen LogP contribution in [0.1, 0.15) is 11.1 Å². The van der Waals surface area contributed by atoms with Gasteiger partial charge in [0.25, 0.3) is 0 Å². The Morgan fingerprint density at radius 1 is 1.54 bits per heavy atom. The van der Waals surface area contributed by atoms with Crippen LogP contribution in [0.2, 0.25) is 5.02 Å². The van der Waals surface area contributed by atoms with E-state index in [0.717, 1.165) is 11.1 Å². The summed E-state index contributed by atoms with van der Waals surface area (Å²) in [4.78, 5) is 4.66. The Balaban J connectivity index is 2.96. The van der Waals surface area contributed by atoms with Gasteiger partial charge in [0.05, 0.1) is 12.1 Å². The number of nitrogens with one attached hydrogen (secondary N) is 1. The highest BCUT2D eigenvalue weighted by Gasteiger charge is 2.08. The monoisotopic (exact) mass is 203 g/mol. The van der Waals surface area contributed by atoms with Crippen LogP contribution in [-0.2, 0) is 11.4 Å². The lowest BCUT2D eigenvalue weighted by Gasteiger charge is -2.08. The second-order valence-corrected chi connectivity index (χ2v) is 3.06. The van der Waals surface area contributed by atoms with E-state index in [1.807, 2.05) is 6.92 Å². The number of hydrogen-bond donors (Lipinski definition) is 1. The second-order valence-electron chi connectivity index (χ2n) is 2.68. The summed E-state index contributed by atoms with van der Waals surface area (Å²) in [6.45, 7) is 2.27. The molecule has 0 spiro atoms. The third kappa shape index (κ3) is 2.40. The van der Waals surface area contributed by atoms with Crippen LogP contribution in [0.4, 0.5) is 4.39 Å². The Hall–Kier alpha value is -0.640. The van der Waals surface area contributed by atoms with E-state index in [1.165, 1.54) is 13.2 Å². The summed E-state index contributed by atoms with van der Waals surface area (Å²) in [6, 6.07) is 3.04. The van der Waals surface area contributed by atoms with Gasteiger partial charge in [-0.05, 0) is 24.1 Å². The topological polar surface area (TPSA) is 21.3 Å². The fourth-order valence-electron chi connectivity index (χ4n) is 1.05. The molecule has 0 saturated carbocycles. The number of hydrogen-bond acceptors (Lipinski definition) is 2. The third-order valence-electron chi connectivity index (χ3n) is 1.82. The van der Waals surface area contributed by atoms with E-state index < -0.39 is 5.82 Å². The molecule has 0 heterocycles. The van der Waals surface area contributed by atoms with Crippen molar-refractivity contribution in [2.45, 2.75) is 13.5 Å². The molecule has 0 bridgehead atoms. The average molecular weight is 204 g/mol. The first-order valence-electron chi connectivity index (χ1n) is 3.86. The fraction of sp³-hybridized carbons (Fsp3) is 0.333. The zero-order valence-electron chi connectivity index (χ0n) is 7.53. The van der Waals surface area contributed by atoms with Gasteiger partial charge in [-0.2, -0.15) is 5.48 Å². The van der Waals surface area contributed by atoms with Crippen LogP contribution in [0.15, 0.2) is 12.1 Å². The molecule has 0 fully saturated rings. The van der Waals surface area contributed by atoms with Crippen LogP contribution < -0.4 is 5.48 Å². The summed E-state index contributed by atoms with van der Waals surface area (Å²) in [5, 5.41) is 0.157. The highest BCUT2D eigenvalue weighted by atomic mass is 35.5. The van der Waals surface area contributed by atoms with E-state index in [4.69, 9.17) is 11.6 Å². The van der Waals surface area contributed by atoms with Crippen LogP contribution in [0.3, 0.4) is 0 Å². The molecule has 1 rings (SSSR count). The summed E-state index contributed by atoms with van der Waals surface area (Å²) in [6.07, 6.45) is 0. The highest BCUT2D eigenvalue weighted by molar-refractivity contribution is 6.31. The molecule has 1 aromatic carbocycles. The Morgan fingerprint density at radius 3 is 2.85 bits per heavy atom. The first-order chi connectivity index (χ1) is 6.16. The summed E-state index contributed by atoms with van der Waals surface area (Å²) in [5.41, 5.74) is 4.29. The number of halogens is 2. The fourth-order valence-corrected chi connectivity index (χ4v) is 1.33. The second kappa shape index (κ2) is 4.56. The molecule has 0 aliphatic carbocycles. The molecule has 1 N–H and O–H groups in total. The van der Waals surface area contributed by atoms with Crippen LogP contribution in [-0.4, -0.2) is 7.11 Å². The van der Waals surface area contributed by atoms with E-state index in [0.29, 0.717) is 6.54 Å². The molecule has 0 saturated heterocycles. The lowest BCUT2D eigenvalue weighted by molar-refractivity contribution is 0.0865. The van der Waals surface area contributed by atoms with E-state index in [1.54, 1.807) is 6.07 Å². The first-order valence-corrected chi connectivity index (χ1v) is 4.24. The molecule has 13 heavy (non-hydrogen) atoms. The number of hydroxylamine groups is 1. The van der Waals surface area contributed by atoms with Crippen molar-refractivity contribution in [1.29, 1.82) is 0 Å². The van der Waals surface area contributed by atoms with Gasteiger partial charge in [-0.15, -0.1) is 0 Å². The molecule has 0 amide bonds. The van der Waals surface area contributed by atoms with E-state index in [2.05, 4.69) is 10.3 Å². The zero-order chi connectivity index (χ0) is 9.84. The molecule has 72 valence electrons.